The molecule has 5 heteroatoms. The average Bonchev–Trinajstić information content (AvgIpc) is 3.22. The van der Waals surface area contributed by atoms with Gasteiger partial charge >= 0.3 is 5.97 Å². The third-order valence-corrected chi connectivity index (χ3v) is 8.06. The first-order chi connectivity index (χ1) is 19.3. The number of anilines is 3. The number of benzene rings is 4. The SMILES string of the molecule is CCN(CCC(C)C)c1ccc2c(c1)Oc1cc(C)c(Nc3cccc(C)c3)cc1C21OC(=O)c2ccccc21. The molecule has 0 amide bonds. The van der Waals surface area contributed by atoms with Gasteiger partial charge in [0.2, 0.25) is 0 Å². The number of carbonyl (C=O) groups excluding carboxylic acids is 1. The third kappa shape index (κ3) is 4.30. The standard InChI is InChI=1S/C35H36N2O3/c1-6-37(17-16-22(2)3)26-14-15-29-33(20-26)39-32-19-24(5)31(36-25-11-9-10-23(4)18-25)21-30(32)35(29)28-13-8-7-12-27(28)34(38)40-35/h7-15,18-22,36H,6,16-17H2,1-5H3. The predicted octanol–water partition coefficient (Wildman–Crippen LogP) is 8.49. The van der Waals surface area contributed by atoms with Crippen molar-refractivity contribution in [2.45, 2.75) is 46.6 Å². The minimum atomic E-state index is -1.10. The molecule has 4 aromatic carbocycles. The molecule has 2 aliphatic heterocycles. The summed E-state index contributed by atoms with van der Waals surface area (Å²) in [6.07, 6.45) is 1.11. The van der Waals surface area contributed by atoms with E-state index in [2.05, 4.69) is 93.4 Å². The van der Waals surface area contributed by atoms with E-state index in [0.717, 1.165) is 64.6 Å². The fraction of sp³-hybridized carbons (Fsp3) is 0.286. The maximum absolute atomic E-state index is 13.3. The van der Waals surface area contributed by atoms with E-state index in [-0.39, 0.29) is 5.97 Å². The first-order valence-corrected chi connectivity index (χ1v) is 14.2. The summed E-state index contributed by atoms with van der Waals surface area (Å²) in [4.78, 5) is 15.7. The van der Waals surface area contributed by atoms with Crippen LogP contribution in [-0.2, 0) is 10.3 Å². The fourth-order valence-electron chi connectivity index (χ4n) is 5.90. The highest BCUT2D eigenvalue weighted by atomic mass is 16.6. The summed E-state index contributed by atoms with van der Waals surface area (Å²) in [7, 11) is 0. The van der Waals surface area contributed by atoms with Crippen molar-refractivity contribution >= 4 is 23.0 Å². The largest absolute Gasteiger partial charge is 0.456 e. The van der Waals surface area contributed by atoms with Crippen LogP contribution in [0.1, 0.15) is 65.4 Å². The van der Waals surface area contributed by atoms with Crippen LogP contribution in [0.25, 0.3) is 0 Å². The Bertz CT molecular complexity index is 1610. The molecule has 2 aliphatic rings. The smallest absolute Gasteiger partial charge is 0.340 e. The number of aryl methyl sites for hydroxylation is 2. The number of hydrogen-bond acceptors (Lipinski definition) is 5. The zero-order chi connectivity index (χ0) is 28.0. The van der Waals surface area contributed by atoms with Crippen LogP contribution in [0.2, 0.25) is 0 Å². The molecule has 5 nitrogen and oxygen atoms in total. The Hall–Kier alpha value is -4.25. The monoisotopic (exact) mass is 532 g/mol. The predicted molar refractivity (Wildman–Crippen MR) is 161 cm³/mol. The minimum absolute atomic E-state index is 0.320. The molecular formula is C35H36N2O3. The second kappa shape index (κ2) is 10.1. The Kier molecular flexibility index (Phi) is 6.53. The van der Waals surface area contributed by atoms with Gasteiger partial charge in [0.25, 0.3) is 0 Å². The number of hydrogen-bond donors (Lipinski definition) is 1. The molecule has 6 rings (SSSR count). The van der Waals surface area contributed by atoms with Gasteiger partial charge in [-0.3, -0.25) is 0 Å². The first kappa shape index (κ1) is 26.0. The highest BCUT2D eigenvalue weighted by molar-refractivity contribution is 5.97. The molecule has 0 bridgehead atoms. The Morgan fingerprint density at radius 1 is 0.875 bits per heavy atom. The lowest BCUT2D eigenvalue weighted by Gasteiger charge is -2.38. The normalized spacial score (nSPS) is 16.7. The van der Waals surface area contributed by atoms with Crippen LogP contribution in [0.15, 0.2) is 78.9 Å². The maximum Gasteiger partial charge on any atom is 0.340 e. The van der Waals surface area contributed by atoms with Crippen molar-refractivity contribution in [3.8, 4) is 11.5 Å². The average molecular weight is 533 g/mol. The van der Waals surface area contributed by atoms with Gasteiger partial charge in [0, 0.05) is 52.9 Å². The van der Waals surface area contributed by atoms with Crippen LogP contribution in [0.4, 0.5) is 17.1 Å². The van der Waals surface area contributed by atoms with Gasteiger partial charge in [-0.15, -0.1) is 0 Å². The minimum Gasteiger partial charge on any atom is -0.456 e. The second-order valence-corrected chi connectivity index (χ2v) is 11.3. The molecule has 4 aromatic rings. The van der Waals surface area contributed by atoms with E-state index in [1.807, 2.05) is 30.3 Å². The van der Waals surface area contributed by atoms with Crippen LogP contribution >= 0.6 is 0 Å². The third-order valence-electron chi connectivity index (χ3n) is 8.06. The van der Waals surface area contributed by atoms with E-state index < -0.39 is 5.60 Å². The van der Waals surface area contributed by atoms with E-state index in [9.17, 15) is 4.79 Å². The van der Waals surface area contributed by atoms with Crippen molar-refractivity contribution in [2.75, 3.05) is 23.3 Å². The van der Waals surface area contributed by atoms with Crippen LogP contribution in [0.3, 0.4) is 0 Å². The lowest BCUT2D eigenvalue weighted by molar-refractivity contribution is 0.0224. The number of carbonyl (C=O) groups is 1. The lowest BCUT2D eigenvalue weighted by Crippen LogP contribution is -2.33. The van der Waals surface area contributed by atoms with Crippen molar-refractivity contribution < 1.29 is 14.3 Å². The molecule has 0 aliphatic carbocycles. The van der Waals surface area contributed by atoms with Gasteiger partial charge in [0.05, 0.1) is 5.56 Å². The number of esters is 1. The van der Waals surface area contributed by atoms with E-state index in [0.29, 0.717) is 17.2 Å². The highest BCUT2D eigenvalue weighted by Gasteiger charge is 2.53. The van der Waals surface area contributed by atoms with E-state index in [1.54, 1.807) is 0 Å². The molecule has 0 saturated carbocycles. The van der Waals surface area contributed by atoms with Crippen molar-refractivity contribution in [3.05, 3.63) is 112 Å². The molecular weight excluding hydrogens is 496 g/mol. The topological polar surface area (TPSA) is 50.8 Å². The van der Waals surface area contributed by atoms with Gasteiger partial charge in [-0.05, 0) is 86.7 Å². The number of fused-ring (bicyclic) bond motifs is 6. The van der Waals surface area contributed by atoms with Crippen LogP contribution in [-0.4, -0.2) is 19.1 Å². The van der Waals surface area contributed by atoms with E-state index in [1.165, 1.54) is 5.56 Å². The second-order valence-electron chi connectivity index (χ2n) is 11.3. The zero-order valence-electron chi connectivity index (χ0n) is 23.9. The number of nitrogens with one attached hydrogen (secondary N) is 1. The van der Waals surface area contributed by atoms with Gasteiger partial charge in [0.1, 0.15) is 11.5 Å². The Balaban J connectivity index is 1.52. The van der Waals surface area contributed by atoms with E-state index in [4.69, 9.17) is 9.47 Å². The summed E-state index contributed by atoms with van der Waals surface area (Å²) in [5, 5.41) is 3.58. The van der Waals surface area contributed by atoms with Gasteiger partial charge in [-0.25, -0.2) is 4.79 Å². The molecule has 1 unspecified atom stereocenters. The summed E-state index contributed by atoms with van der Waals surface area (Å²) < 4.78 is 13.1. The lowest BCUT2D eigenvalue weighted by atomic mass is 9.77. The summed E-state index contributed by atoms with van der Waals surface area (Å²) in [6, 6.07) is 26.4. The van der Waals surface area contributed by atoms with Crippen molar-refractivity contribution in [1.29, 1.82) is 0 Å². The Morgan fingerprint density at radius 3 is 2.45 bits per heavy atom. The summed E-state index contributed by atoms with van der Waals surface area (Å²) in [6.45, 7) is 12.7. The van der Waals surface area contributed by atoms with Crippen molar-refractivity contribution in [3.63, 3.8) is 0 Å². The van der Waals surface area contributed by atoms with Crippen LogP contribution in [0.5, 0.6) is 11.5 Å². The summed E-state index contributed by atoms with van der Waals surface area (Å²) in [5.41, 5.74) is 7.27. The summed E-state index contributed by atoms with van der Waals surface area (Å²) >= 11 is 0. The zero-order valence-corrected chi connectivity index (χ0v) is 23.9. The van der Waals surface area contributed by atoms with Gasteiger partial charge in [-0.2, -0.15) is 0 Å². The molecule has 40 heavy (non-hydrogen) atoms. The van der Waals surface area contributed by atoms with E-state index >= 15 is 0 Å². The van der Waals surface area contributed by atoms with Gasteiger partial charge < -0.3 is 19.7 Å². The molecule has 2 heterocycles. The quantitative estimate of drug-likeness (QED) is 0.242. The molecule has 1 N–H and O–H groups in total. The maximum atomic E-state index is 13.3. The molecule has 204 valence electrons. The molecule has 1 spiro atoms. The molecule has 1 atom stereocenters. The molecule has 0 saturated heterocycles. The van der Waals surface area contributed by atoms with Crippen LogP contribution in [0, 0.1) is 19.8 Å². The van der Waals surface area contributed by atoms with Gasteiger partial charge in [-0.1, -0.05) is 44.2 Å². The van der Waals surface area contributed by atoms with Crippen LogP contribution < -0.4 is 15.0 Å². The van der Waals surface area contributed by atoms with Gasteiger partial charge in [0.15, 0.2) is 5.60 Å². The van der Waals surface area contributed by atoms with Crippen molar-refractivity contribution in [2.24, 2.45) is 5.92 Å². The fourth-order valence-corrected chi connectivity index (χ4v) is 5.90. The first-order valence-electron chi connectivity index (χ1n) is 14.2. The number of ether oxygens (including phenoxy) is 2. The Labute approximate surface area is 236 Å². The molecule has 0 aromatic heterocycles. The molecule has 0 fully saturated rings. The Morgan fingerprint density at radius 2 is 1.68 bits per heavy atom. The number of rotatable bonds is 7. The summed E-state index contributed by atoms with van der Waals surface area (Å²) in [5.74, 6) is 1.72. The molecule has 0 radical (unpaired) electrons. The number of nitrogens with zero attached hydrogens (tertiary/aromatic N) is 1. The van der Waals surface area contributed by atoms with Crippen molar-refractivity contribution in [1.82, 2.24) is 0 Å². The highest BCUT2D eigenvalue weighted by Crippen LogP contribution is 2.57.